The lowest BCUT2D eigenvalue weighted by molar-refractivity contribution is -0.106. The van der Waals surface area contributed by atoms with Gasteiger partial charge in [0.2, 0.25) is 0 Å². The lowest BCUT2D eigenvalue weighted by Crippen LogP contribution is -2.30. The Balaban J connectivity index is 2.00. The number of urea groups is 1. The quantitative estimate of drug-likeness (QED) is 0.454. The highest BCUT2D eigenvalue weighted by atomic mass is 32.2. The minimum Gasteiger partial charge on any atom is -0.356 e. The highest BCUT2D eigenvalue weighted by molar-refractivity contribution is 7.90. The van der Waals surface area contributed by atoms with Crippen LogP contribution in [0, 0.1) is 12.7 Å². The van der Waals surface area contributed by atoms with E-state index in [4.69, 9.17) is 9.47 Å². The standard InChI is InChI=1S/C18H24FN3O5S2/c1-11-16(12-7-8-14(13(19)10-12)29(4,24)25)28-18(21-11)22-17(23)20-9-5-6-15(26-2)27-3/h7-8,10,15H,5-6,9H2,1-4H3,(H2,20,21,22,23). The zero-order valence-corrected chi connectivity index (χ0v) is 18.2. The molecule has 0 aliphatic rings. The number of hydrogen-bond acceptors (Lipinski definition) is 7. The van der Waals surface area contributed by atoms with Crippen molar-refractivity contribution in [1.82, 2.24) is 10.3 Å². The Morgan fingerprint density at radius 2 is 2.00 bits per heavy atom. The third-order valence-corrected chi connectivity index (χ3v) is 6.29. The van der Waals surface area contributed by atoms with E-state index < -0.39 is 21.7 Å². The Labute approximate surface area is 173 Å². The minimum absolute atomic E-state index is 0.307. The number of carbonyl (C=O) groups excluding carboxylic acids is 1. The van der Waals surface area contributed by atoms with Crippen molar-refractivity contribution in [2.45, 2.75) is 31.0 Å². The molecule has 29 heavy (non-hydrogen) atoms. The third-order valence-electron chi connectivity index (χ3n) is 4.04. The van der Waals surface area contributed by atoms with E-state index in [-0.39, 0.29) is 11.2 Å². The largest absolute Gasteiger partial charge is 0.356 e. The van der Waals surface area contributed by atoms with Gasteiger partial charge in [0.25, 0.3) is 0 Å². The molecule has 0 unspecified atom stereocenters. The maximum absolute atomic E-state index is 14.2. The van der Waals surface area contributed by atoms with Gasteiger partial charge in [-0.1, -0.05) is 17.4 Å². The number of thiazole rings is 1. The minimum atomic E-state index is -3.64. The molecule has 0 spiro atoms. The normalized spacial score (nSPS) is 11.7. The Bertz CT molecular complexity index is 958. The van der Waals surface area contributed by atoms with E-state index in [0.29, 0.717) is 40.7 Å². The van der Waals surface area contributed by atoms with Crippen LogP contribution in [0.4, 0.5) is 14.3 Å². The van der Waals surface area contributed by atoms with Crippen LogP contribution >= 0.6 is 11.3 Å². The zero-order valence-electron chi connectivity index (χ0n) is 16.6. The Kier molecular flexibility index (Phi) is 8.08. The molecule has 2 aromatic rings. The van der Waals surface area contributed by atoms with Gasteiger partial charge in [-0.05, 0) is 31.0 Å². The van der Waals surface area contributed by atoms with Gasteiger partial charge in [0.1, 0.15) is 10.7 Å². The molecule has 1 aromatic carbocycles. The number of benzene rings is 1. The van der Waals surface area contributed by atoms with Crippen LogP contribution in [0.3, 0.4) is 0 Å². The molecule has 0 saturated heterocycles. The van der Waals surface area contributed by atoms with Crippen molar-refractivity contribution >= 4 is 32.3 Å². The number of hydrogen-bond donors (Lipinski definition) is 2. The van der Waals surface area contributed by atoms with Gasteiger partial charge >= 0.3 is 6.03 Å². The summed E-state index contributed by atoms with van der Waals surface area (Å²) in [6, 6.07) is 3.50. The Hall–Kier alpha value is -2.08. The summed E-state index contributed by atoms with van der Waals surface area (Å²) < 4.78 is 47.4. The first-order chi connectivity index (χ1) is 13.7. The second-order valence-corrected chi connectivity index (χ2v) is 9.26. The van der Waals surface area contributed by atoms with Gasteiger partial charge in [0, 0.05) is 33.4 Å². The van der Waals surface area contributed by atoms with E-state index in [1.807, 2.05) is 0 Å². The molecule has 0 bridgehead atoms. The van der Waals surface area contributed by atoms with Crippen molar-refractivity contribution in [2.75, 3.05) is 32.3 Å². The summed E-state index contributed by atoms with van der Waals surface area (Å²) in [7, 11) is -0.536. The van der Waals surface area contributed by atoms with Crippen molar-refractivity contribution in [3.05, 3.63) is 29.7 Å². The molecule has 0 radical (unpaired) electrons. The third kappa shape index (κ3) is 6.46. The summed E-state index contributed by atoms with van der Waals surface area (Å²) in [5.41, 5.74) is 1.09. The van der Waals surface area contributed by atoms with E-state index in [9.17, 15) is 17.6 Å². The number of amides is 2. The van der Waals surface area contributed by atoms with Gasteiger partial charge in [0.15, 0.2) is 21.3 Å². The molecule has 1 aromatic heterocycles. The average Bonchev–Trinajstić information content (AvgIpc) is 3.00. The van der Waals surface area contributed by atoms with Gasteiger partial charge in [-0.3, -0.25) is 5.32 Å². The van der Waals surface area contributed by atoms with Crippen molar-refractivity contribution < 1.29 is 27.1 Å². The number of methoxy groups -OCH3 is 2. The van der Waals surface area contributed by atoms with Gasteiger partial charge in [-0.2, -0.15) is 0 Å². The predicted octanol–water partition coefficient (Wildman–Crippen LogP) is 3.18. The molecule has 2 N–H and O–H groups in total. The van der Waals surface area contributed by atoms with Crippen LogP contribution in [0.15, 0.2) is 23.1 Å². The number of rotatable bonds is 9. The predicted molar refractivity (Wildman–Crippen MR) is 109 cm³/mol. The zero-order chi connectivity index (χ0) is 21.6. The maximum atomic E-state index is 14.2. The first kappa shape index (κ1) is 23.2. The first-order valence-electron chi connectivity index (χ1n) is 8.73. The van der Waals surface area contributed by atoms with Crippen molar-refractivity contribution in [1.29, 1.82) is 0 Å². The number of aromatic nitrogens is 1. The van der Waals surface area contributed by atoms with Gasteiger partial charge in [-0.15, -0.1) is 0 Å². The lowest BCUT2D eigenvalue weighted by Gasteiger charge is -2.13. The van der Waals surface area contributed by atoms with Crippen LogP contribution in [0.25, 0.3) is 10.4 Å². The molecule has 0 fully saturated rings. The topological polar surface area (TPSA) is 107 Å². The van der Waals surface area contributed by atoms with E-state index in [1.165, 1.54) is 23.5 Å². The van der Waals surface area contributed by atoms with Gasteiger partial charge in [0.05, 0.1) is 10.6 Å². The Morgan fingerprint density at radius 3 is 2.59 bits per heavy atom. The number of carbonyl (C=O) groups is 1. The fourth-order valence-corrected chi connectivity index (χ4v) is 4.29. The highest BCUT2D eigenvalue weighted by Crippen LogP contribution is 2.34. The fourth-order valence-electron chi connectivity index (χ4n) is 2.60. The van der Waals surface area contributed by atoms with Crippen LogP contribution in [-0.2, 0) is 19.3 Å². The summed E-state index contributed by atoms with van der Waals surface area (Å²) in [6.45, 7) is 2.16. The summed E-state index contributed by atoms with van der Waals surface area (Å²) in [5, 5.41) is 5.72. The second-order valence-electron chi connectivity index (χ2n) is 6.28. The highest BCUT2D eigenvalue weighted by Gasteiger charge is 2.17. The number of nitrogens with one attached hydrogen (secondary N) is 2. The molecule has 0 atom stereocenters. The first-order valence-corrected chi connectivity index (χ1v) is 11.4. The van der Waals surface area contributed by atoms with Crippen LogP contribution < -0.4 is 10.6 Å². The molecule has 160 valence electrons. The number of ether oxygens (including phenoxy) is 2. The molecule has 2 rings (SSSR count). The molecule has 11 heteroatoms. The summed E-state index contributed by atoms with van der Waals surface area (Å²) in [4.78, 5) is 16.6. The molecular formula is C18H24FN3O5S2. The Morgan fingerprint density at radius 1 is 1.31 bits per heavy atom. The molecule has 0 aliphatic carbocycles. The van der Waals surface area contributed by atoms with Crippen LogP contribution in [0.1, 0.15) is 18.5 Å². The van der Waals surface area contributed by atoms with E-state index in [2.05, 4.69) is 15.6 Å². The fraction of sp³-hybridized carbons (Fsp3) is 0.444. The summed E-state index contributed by atoms with van der Waals surface area (Å²) >= 11 is 1.18. The molecule has 2 amide bonds. The van der Waals surface area contributed by atoms with E-state index >= 15 is 0 Å². The van der Waals surface area contributed by atoms with Crippen molar-refractivity contribution in [2.24, 2.45) is 0 Å². The van der Waals surface area contributed by atoms with Crippen molar-refractivity contribution in [3.63, 3.8) is 0 Å². The average molecular weight is 446 g/mol. The van der Waals surface area contributed by atoms with Gasteiger partial charge in [-0.25, -0.2) is 22.6 Å². The summed E-state index contributed by atoms with van der Waals surface area (Å²) in [6.07, 6.45) is 1.96. The number of halogens is 1. The smallest absolute Gasteiger partial charge is 0.321 e. The van der Waals surface area contributed by atoms with E-state index in [0.717, 1.165) is 12.3 Å². The molecular weight excluding hydrogens is 421 g/mol. The second kappa shape index (κ2) is 10.1. The monoisotopic (exact) mass is 445 g/mol. The number of anilines is 1. The van der Waals surface area contributed by atoms with Crippen molar-refractivity contribution in [3.8, 4) is 10.4 Å². The molecule has 1 heterocycles. The number of aryl methyl sites for hydroxylation is 1. The summed E-state index contributed by atoms with van der Waals surface area (Å²) in [5.74, 6) is -0.824. The molecule has 8 nitrogen and oxygen atoms in total. The molecule has 0 aliphatic heterocycles. The maximum Gasteiger partial charge on any atom is 0.321 e. The number of sulfone groups is 1. The van der Waals surface area contributed by atoms with Crippen LogP contribution in [0.2, 0.25) is 0 Å². The SMILES string of the molecule is COC(CCCNC(=O)Nc1nc(C)c(-c2ccc(S(C)(=O)=O)c(F)c2)s1)OC. The van der Waals surface area contributed by atoms with Gasteiger partial charge < -0.3 is 14.8 Å². The lowest BCUT2D eigenvalue weighted by atomic mass is 10.1. The molecule has 0 saturated carbocycles. The number of nitrogens with zero attached hydrogens (tertiary/aromatic N) is 1. The van der Waals surface area contributed by atoms with Crippen LogP contribution in [0.5, 0.6) is 0 Å². The van der Waals surface area contributed by atoms with E-state index in [1.54, 1.807) is 21.1 Å². The van der Waals surface area contributed by atoms with Crippen LogP contribution in [-0.4, -0.2) is 52.7 Å².